The van der Waals surface area contributed by atoms with Crippen molar-refractivity contribution in [2.24, 2.45) is 5.92 Å². The number of hydrogen-bond acceptors (Lipinski definition) is 3. The predicted octanol–water partition coefficient (Wildman–Crippen LogP) is 2.90. The van der Waals surface area contributed by atoms with Crippen LogP contribution in [0.4, 0.5) is 0 Å². The highest BCUT2D eigenvalue weighted by Crippen LogP contribution is 2.27. The molecule has 0 radical (unpaired) electrons. The molecule has 0 spiro atoms. The van der Waals surface area contributed by atoms with Crippen LogP contribution in [0.5, 0.6) is 0 Å². The van der Waals surface area contributed by atoms with Gasteiger partial charge in [-0.15, -0.1) is 0 Å². The van der Waals surface area contributed by atoms with Crippen molar-refractivity contribution in [2.75, 3.05) is 32.8 Å². The average Bonchev–Trinajstić information content (AvgIpc) is 2.48. The lowest BCUT2D eigenvalue weighted by atomic mass is 9.92. The van der Waals surface area contributed by atoms with Crippen molar-refractivity contribution in [3.05, 3.63) is 12.2 Å². The maximum atomic E-state index is 9.41. The van der Waals surface area contributed by atoms with Crippen molar-refractivity contribution in [1.82, 2.24) is 9.80 Å². The fourth-order valence-corrected chi connectivity index (χ4v) is 3.88. The first-order chi connectivity index (χ1) is 10.2. The molecule has 1 aliphatic heterocycles. The van der Waals surface area contributed by atoms with E-state index in [1.165, 1.54) is 45.2 Å². The molecule has 1 saturated heterocycles. The van der Waals surface area contributed by atoms with E-state index in [9.17, 15) is 5.11 Å². The third kappa shape index (κ3) is 5.39. The number of allylic oxidation sites excluding steroid dienone is 1. The molecule has 3 heteroatoms. The van der Waals surface area contributed by atoms with Gasteiger partial charge in [0.15, 0.2) is 0 Å². The van der Waals surface area contributed by atoms with Gasteiger partial charge in [-0.1, -0.05) is 45.3 Å². The molecule has 0 aromatic carbocycles. The number of aliphatic hydroxyl groups excluding tert-OH is 1. The van der Waals surface area contributed by atoms with Crippen LogP contribution in [0.3, 0.4) is 0 Å². The zero-order valence-electron chi connectivity index (χ0n) is 14.0. The predicted molar refractivity (Wildman–Crippen MR) is 89.5 cm³/mol. The quantitative estimate of drug-likeness (QED) is 0.763. The Morgan fingerprint density at radius 3 is 2.57 bits per heavy atom. The molecule has 0 aromatic heterocycles. The van der Waals surface area contributed by atoms with Gasteiger partial charge >= 0.3 is 0 Å². The first-order valence-corrected chi connectivity index (χ1v) is 8.96. The second-order valence-electron chi connectivity index (χ2n) is 7.13. The monoisotopic (exact) mass is 294 g/mol. The zero-order chi connectivity index (χ0) is 15.1. The van der Waals surface area contributed by atoms with Crippen LogP contribution < -0.4 is 0 Å². The molecular formula is C18H34N2O. The molecule has 1 unspecified atom stereocenters. The summed E-state index contributed by atoms with van der Waals surface area (Å²) in [6.07, 6.45) is 12.5. The van der Waals surface area contributed by atoms with Gasteiger partial charge in [0, 0.05) is 44.9 Å². The first-order valence-electron chi connectivity index (χ1n) is 8.96. The maximum absolute atomic E-state index is 9.41. The normalized spacial score (nSPS) is 27.0. The minimum absolute atomic E-state index is 0.323. The summed E-state index contributed by atoms with van der Waals surface area (Å²) in [5.74, 6) is 0.641. The Kier molecular flexibility index (Phi) is 7.21. The Labute approximate surface area is 131 Å². The molecule has 2 aliphatic rings. The minimum Gasteiger partial charge on any atom is -0.396 e. The van der Waals surface area contributed by atoms with Gasteiger partial charge < -0.3 is 5.11 Å². The molecule has 122 valence electrons. The molecule has 2 fully saturated rings. The molecule has 3 nitrogen and oxygen atoms in total. The molecule has 1 heterocycles. The molecule has 1 atom stereocenters. The first kappa shape index (κ1) is 17.0. The number of hydrogen-bond donors (Lipinski definition) is 1. The van der Waals surface area contributed by atoms with Crippen molar-refractivity contribution in [3.63, 3.8) is 0 Å². The van der Waals surface area contributed by atoms with Gasteiger partial charge in [-0.25, -0.2) is 0 Å². The summed E-state index contributed by atoms with van der Waals surface area (Å²) >= 11 is 0. The van der Waals surface area contributed by atoms with E-state index in [1.54, 1.807) is 0 Å². The minimum atomic E-state index is 0.323. The van der Waals surface area contributed by atoms with E-state index >= 15 is 0 Å². The molecule has 0 bridgehead atoms. The summed E-state index contributed by atoms with van der Waals surface area (Å²) in [5, 5.41) is 9.41. The van der Waals surface area contributed by atoms with Crippen LogP contribution in [-0.2, 0) is 0 Å². The van der Waals surface area contributed by atoms with Crippen molar-refractivity contribution in [3.8, 4) is 0 Å². The Morgan fingerprint density at radius 1 is 1.14 bits per heavy atom. The van der Waals surface area contributed by atoms with Crippen LogP contribution in [0.25, 0.3) is 0 Å². The van der Waals surface area contributed by atoms with E-state index in [2.05, 4.69) is 35.8 Å². The van der Waals surface area contributed by atoms with Crippen LogP contribution in [0.2, 0.25) is 0 Å². The van der Waals surface area contributed by atoms with Crippen molar-refractivity contribution in [2.45, 2.75) is 64.5 Å². The highest BCUT2D eigenvalue weighted by Gasteiger charge is 2.31. The number of nitrogens with zero attached hydrogens (tertiary/aromatic N) is 2. The van der Waals surface area contributed by atoms with E-state index in [1.807, 2.05) is 0 Å². The van der Waals surface area contributed by atoms with Gasteiger partial charge in [0.25, 0.3) is 0 Å². The maximum Gasteiger partial charge on any atom is 0.0446 e. The van der Waals surface area contributed by atoms with Crippen LogP contribution in [-0.4, -0.2) is 59.8 Å². The molecule has 0 amide bonds. The second-order valence-corrected chi connectivity index (χ2v) is 7.13. The topological polar surface area (TPSA) is 26.7 Å². The fraction of sp³-hybridized carbons (Fsp3) is 0.889. The molecular weight excluding hydrogens is 260 g/mol. The second kappa shape index (κ2) is 8.92. The molecule has 1 aliphatic carbocycles. The Balaban J connectivity index is 1.87. The van der Waals surface area contributed by atoms with Crippen molar-refractivity contribution < 1.29 is 5.11 Å². The van der Waals surface area contributed by atoms with Crippen molar-refractivity contribution >= 4 is 0 Å². The summed E-state index contributed by atoms with van der Waals surface area (Å²) < 4.78 is 0. The van der Waals surface area contributed by atoms with Gasteiger partial charge in [-0.2, -0.15) is 0 Å². The standard InChI is InChI=1S/C18H34N2O/c1-16(2)7-6-11-19-12-13-20(18(15-19)10-14-21)17-8-4-3-5-9-17/h6-7,16-18,21H,3-5,8-15H2,1-2H3. The van der Waals surface area contributed by atoms with E-state index in [0.717, 1.165) is 25.6 Å². The van der Waals surface area contributed by atoms with Gasteiger partial charge in [-0.05, 0) is 25.2 Å². The lowest BCUT2D eigenvalue weighted by Crippen LogP contribution is -2.57. The van der Waals surface area contributed by atoms with Crippen LogP contribution in [0.1, 0.15) is 52.4 Å². The van der Waals surface area contributed by atoms with E-state index in [-0.39, 0.29) is 0 Å². The average molecular weight is 294 g/mol. The number of piperazine rings is 1. The molecule has 1 N–H and O–H groups in total. The lowest BCUT2D eigenvalue weighted by Gasteiger charge is -2.46. The number of rotatable bonds is 6. The fourth-order valence-electron chi connectivity index (χ4n) is 3.88. The summed E-state index contributed by atoms with van der Waals surface area (Å²) in [6.45, 7) is 9.34. The lowest BCUT2D eigenvalue weighted by molar-refractivity contribution is 0.0206. The summed E-state index contributed by atoms with van der Waals surface area (Å²) in [7, 11) is 0. The molecule has 1 saturated carbocycles. The Hall–Kier alpha value is -0.380. The summed E-state index contributed by atoms with van der Waals surface area (Å²) in [4.78, 5) is 5.27. The highest BCUT2D eigenvalue weighted by atomic mass is 16.3. The van der Waals surface area contributed by atoms with Gasteiger partial charge in [0.1, 0.15) is 0 Å². The van der Waals surface area contributed by atoms with E-state index in [4.69, 9.17) is 0 Å². The third-order valence-electron chi connectivity index (χ3n) is 5.00. The van der Waals surface area contributed by atoms with Gasteiger partial charge in [0.2, 0.25) is 0 Å². The smallest absolute Gasteiger partial charge is 0.0446 e. The van der Waals surface area contributed by atoms with E-state index in [0.29, 0.717) is 18.6 Å². The zero-order valence-corrected chi connectivity index (χ0v) is 14.0. The van der Waals surface area contributed by atoms with E-state index < -0.39 is 0 Å². The molecule has 2 rings (SSSR count). The molecule has 21 heavy (non-hydrogen) atoms. The SMILES string of the molecule is CC(C)C=CCN1CCN(C2CCCCC2)C(CCO)C1. The Morgan fingerprint density at radius 2 is 1.90 bits per heavy atom. The number of aliphatic hydroxyl groups is 1. The largest absolute Gasteiger partial charge is 0.396 e. The summed E-state index contributed by atoms with van der Waals surface area (Å²) in [6, 6.07) is 1.34. The Bertz CT molecular complexity index is 310. The van der Waals surface area contributed by atoms with Crippen molar-refractivity contribution in [1.29, 1.82) is 0 Å². The van der Waals surface area contributed by atoms with Gasteiger partial charge in [0.05, 0.1) is 0 Å². The van der Waals surface area contributed by atoms with Crippen LogP contribution in [0, 0.1) is 5.92 Å². The van der Waals surface area contributed by atoms with Gasteiger partial charge in [-0.3, -0.25) is 9.80 Å². The highest BCUT2D eigenvalue weighted by molar-refractivity contribution is 4.92. The molecule has 0 aromatic rings. The van der Waals surface area contributed by atoms with Crippen LogP contribution in [0.15, 0.2) is 12.2 Å². The summed E-state index contributed by atoms with van der Waals surface area (Å²) in [5.41, 5.74) is 0. The third-order valence-corrected chi connectivity index (χ3v) is 5.00. The van der Waals surface area contributed by atoms with Crippen LogP contribution >= 0.6 is 0 Å².